The summed E-state index contributed by atoms with van der Waals surface area (Å²) in [4.78, 5) is 22.6. The highest BCUT2D eigenvalue weighted by molar-refractivity contribution is 7.99. The second-order valence-electron chi connectivity index (χ2n) is 4.78. The van der Waals surface area contributed by atoms with Crippen LogP contribution in [0, 0.1) is 0 Å². The fraction of sp³-hybridized carbons (Fsp3) is 0.385. The maximum atomic E-state index is 11.7. The Kier molecular flexibility index (Phi) is 5.26. The van der Waals surface area contributed by atoms with E-state index < -0.39 is 17.7 Å². The number of carboxylic acids is 1. The van der Waals surface area contributed by atoms with Crippen LogP contribution in [0.25, 0.3) is 0 Å². The molecule has 0 saturated carbocycles. The lowest BCUT2D eigenvalue weighted by molar-refractivity contribution is 0.0693. The molecule has 0 heterocycles. The lowest BCUT2D eigenvalue weighted by Crippen LogP contribution is -2.38. The predicted molar refractivity (Wildman–Crippen MR) is 79.7 cm³/mol. The van der Waals surface area contributed by atoms with Crippen LogP contribution in [0.4, 0.5) is 10.5 Å². The van der Waals surface area contributed by atoms with E-state index in [9.17, 15) is 14.7 Å². The van der Waals surface area contributed by atoms with Crippen molar-refractivity contribution >= 4 is 29.4 Å². The van der Waals surface area contributed by atoms with Crippen LogP contribution in [-0.4, -0.2) is 39.8 Å². The van der Waals surface area contributed by atoms with Gasteiger partial charge in [-0.1, -0.05) is 6.07 Å². The van der Waals surface area contributed by atoms with E-state index in [2.05, 4.69) is 10.6 Å². The lowest BCUT2D eigenvalue weighted by Gasteiger charge is -2.22. The highest BCUT2D eigenvalue weighted by Gasteiger charge is 2.18. The molecule has 1 rings (SSSR count). The van der Waals surface area contributed by atoms with Gasteiger partial charge in [-0.25, -0.2) is 9.59 Å². The molecule has 4 N–H and O–H groups in total. The normalized spacial score (nSPS) is 10.9. The third-order valence-electron chi connectivity index (χ3n) is 2.74. The van der Waals surface area contributed by atoms with Crippen molar-refractivity contribution in [1.29, 1.82) is 0 Å². The molecule has 0 fully saturated rings. The standard InChI is InChI=1S/C13H18N2O4S/c1-13(2,20-3)7-14-12(19)15-9-6-4-5-8(10(9)16)11(17)18/h4-6,16H,7H2,1-3H3,(H,17,18)(H2,14,15,19). The number of rotatable bonds is 5. The largest absolute Gasteiger partial charge is 0.505 e. The zero-order valence-corrected chi connectivity index (χ0v) is 12.4. The number of hydrogen-bond donors (Lipinski definition) is 4. The molecule has 2 amide bonds. The minimum absolute atomic E-state index is 0.0596. The summed E-state index contributed by atoms with van der Waals surface area (Å²) in [6.07, 6.45) is 1.95. The average molecular weight is 298 g/mol. The second-order valence-corrected chi connectivity index (χ2v) is 6.29. The Morgan fingerprint density at radius 2 is 2.00 bits per heavy atom. The Morgan fingerprint density at radius 1 is 1.35 bits per heavy atom. The van der Waals surface area contributed by atoms with Gasteiger partial charge in [-0.15, -0.1) is 0 Å². The first-order chi connectivity index (χ1) is 9.26. The van der Waals surface area contributed by atoms with E-state index in [0.717, 1.165) is 0 Å². The number of phenols is 1. The van der Waals surface area contributed by atoms with Crippen LogP contribution in [0.5, 0.6) is 5.75 Å². The Hall–Kier alpha value is -1.89. The van der Waals surface area contributed by atoms with Crippen molar-refractivity contribution in [2.45, 2.75) is 18.6 Å². The third-order valence-corrected chi connectivity index (χ3v) is 3.99. The van der Waals surface area contributed by atoms with Gasteiger partial charge < -0.3 is 20.8 Å². The van der Waals surface area contributed by atoms with Crippen molar-refractivity contribution in [2.24, 2.45) is 0 Å². The SMILES string of the molecule is CSC(C)(C)CNC(=O)Nc1cccc(C(=O)O)c1O. The number of benzene rings is 1. The first-order valence-electron chi connectivity index (χ1n) is 5.92. The number of aromatic hydroxyl groups is 1. The van der Waals surface area contributed by atoms with Gasteiger partial charge in [-0.2, -0.15) is 11.8 Å². The van der Waals surface area contributed by atoms with Crippen LogP contribution in [-0.2, 0) is 0 Å². The van der Waals surface area contributed by atoms with Crippen LogP contribution in [0.3, 0.4) is 0 Å². The van der Waals surface area contributed by atoms with Gasteiger partial charge in [0.05, 0.1) is 5.69 Å². The first-order valence-corrected chi connectivity index (χ1v) is 7.14. The van der Waals surface area contributed by atoms with Gasteiger partial charge in [0.15, 0.2) is 5.75 Å². The Bertz CT molecular complexity index is 517. The van der Waals surface area contributed by atoms with Crippen LogP contribution < -0.4 is 10.6 Å². The van der Waals surface area contributed by atoms with Gasteiger partial charge >= 0.3 is 12.0 Å². The quantitative estimate of drug-likeness (QED) is 0.625. The summed E-state index contributed by atoms with van der Waals surface area (Å²) in [5.74, 6) is -1.71. The van der Waals surface area contributed by atoms with Gasteiger partial charge in [0, 0.05) is 11.3 Å². The summed E-state index contributed by atoms with van der Waals surface area (Å²) >= 11 is 1.62. The topological polar surface area (TPSA) is 98.7 Å². The maximum absolute atomic E-state index is 11.7. The van der Waals surface area contributed by atoms with E-state index in [1.54, 1.807) is 11.8 Å². The molecule has 0 bridgehead atoms. The van der Waals surface area contributed by atoms with Crippen molar-refractivity contribution < 1.29 is 19.8 Å². The highest BCUT2D eigenvalue weighted by atomic mass is 32.2. The van der Waals surface area contributed by atoms with Crippen LogP contribution in [0.2, 0.25) is 0 Å². The number of para-hydroxylation sites is 1. The van der Waals surface area contributed by atoms with E-state index in [-0.39, 0.29) is 16.0 Å². The van der Waals surface area contributed by atoms with E-state index >= 15 is 0 Å². The number of carbonyl (C=O) groups excluding carboxylic acids is 1. The second kappa shape index (κ2) is 6.51. The molecule has 0 radical (unpaired) electrons. The predicted octanol–water partition coefficient (Wildman–Crippen LogP) is 2.35. The maximum Gasteiger partial charge on any atom is 0.339 e. The zero-order chi connectivity index (χ0) is 15.3. The van der Waals surface area contributed by atoms with Crippen LogP contribution in [0.1, 0.15) is 24.2 Å². The van der Waals surface area contributed by atoms with E-state index in [1.165, 1.54) is 18.2 Å². The van der Waals surface area contributed by atoms with Gasteiger partial charge in [0.2, 0.25) is 0 Å². The molecule has 7 heteroatoms. The molecule has 0 aliphatic heterocycles. The number of amides is 2. The minimum atomic E-state index is -1.25. The van der Waals surface area contributed by atoms with E-state index in [4.69, 9.17) is 5.11 Å². The number of carbonyl (C=O) groups is 2. The molecule has 0 unspecified atom stereocenters. The molecular formula is C13H18N2O4S. The minimum Gasteiger partial charge on any atom is -0.505 e. The Morgan fingerprint density at radius 3 is 2.55 bits per heavy atom. The van der Waals surface area contributed by atoms with Crippen molar-refractivity contribution in [2.75, 3.05) is 18.1 Å². The number of aromatic carboxylic acids is 1. The summed E-state index contributed by atoms with van der Waals surface area (Å²) in [6, 6.07) is 3.65. The molecule has 1 aromatic rings. The molecule has 0 atom stereocenters. The summed E-state index contributed by atoms with van der Waals surface area (Å²) in [5, 5.41) is 23.7. The molecule has 1 aromatic carbocycles. The van der Waals surface area contributed by atoms with E-state index in [1.807, 2.05) is 20.1 Å². The molecule has 110 valence electrons. The number of thioether (sulfide) groups is 1. The molecule has 0 aromatic heterocycles. The summed E-state index contributed by atoms with van der Waals surface area (Å²) in [7, 11) is 0. The first kappa shape index (κ1) is 16.2. The lowest BCUT2D eigenvalue weighted by atomic mass is 10.1. The average Bonchev–Trinajstić information content (AvgIpc) is 2.39. The van der Waals surface area contributed by atoms with Crippen LogP contribution in [0.15, 0.2) is 18.2 Å². The molecular weight excluding hydrogens is 280 g/mol. The summed E-state index contributed by atoms with van der Waals surface area (Å²) < 4.78 is -0.109. The Balaban J connectivity index is 2.72. The molecule has 0 aliphatic rings. The Labute approximate surface area is 121 Å². The molecule has 20 heavy (non-hydrogen) atoms. The molecule has 6 nitrogen and oxygen atoms in total. The fourth-order valence-corrected chi connectivity index (χ4v) is 1.57. The van der Waals surface area contributed by atoms with Crippen LogP contribution >= 0.6 is 11.8 Å². The highest BCUT2D eigenvalue weighted by Crippen LogP contribution is 2.27. The number of urea groups is 1. The van der Waals surface area contributed by atoms with E-state index in [0.29, 0.717) is 6.54 Å². The van der Waals surface area contributed by atoms with Gasteiger partial charge in [0.25, 0.3) is 0 Å². The molecule has 0 spiro atoms. The molecule has 0 aliphatic carbocycles. The summed E-state index contributed by atoms with van der Waals surface area (Å²) in [6.45, 7) is 4.42. The smallest absolute Gasteiger partial charge is 0.339 e. The fourth-order valence-electron chi connectivity index (χ4n) is 1.35. The number of carboxylic acid groups (broad SMARTS) is 1. The zero-order valence-electron chi connectivity index (χ0n) is 11.6. The van der Waals surface area contributed by atoms with Crippen molar-refractivity contribution in [1.82, 2.24) is 5.32 Å². The molecule has 0 saturated heterocycles. The monoisotopic (exact) mass is 298 g/mol. The third kappa shape index (κ3) is 4.34. The van der Waals surface area contributed by atoms with Crippen molar-refractivity contribution in [3.63, 3.8) is 0 Å². The number of nitrogens with one attached hydrogen (secondary N) is 2. The van der Waals surface area contributed by atoms with Gasteiger partial charge in [-0.05, 0) is 32.2 Å². The van der Waals surface area contributed by atoms with Crippen molar-refractivity contribution in [3.8, 4) is 5.75 Å². The number of hydrogen-bond acceptors (Lipinski definition) is 4. The summed E-state index contributed by atoms with van der Waals surface area (Å²) in [5.41, 5.74) is -0.198. The van der Waals surface area contributed by atoms with Gasteiger partial charge in [-0.3, -0.25) is 0 Å². The number of anilines is 1. The van der Waals surface area contributed by atoms with Gasteiger partial charge in [0.1, 0.15) is 5.56 Å². The van der Waals surface area contributed by atoms with Crippen molar-refractivity contribution in [3.05, 3.63) is 23.8 Å².